The fourth-order valence-corrected chi connectivity index (χ4v) is 4.37. The third-order valence-corrected chi connectivity index (χ3v) is 6.03. The summed E-state index contributed by atoms with van der Waals surface area (Å²) in [5, 5.41) is 0. The number of para-hydroxylation sites is 2. The molecule has 2 aromatic heterocycles. The first-order valence-electron chi connectivity index (χ1n) is 10.5. The molecule has 31 heavy (non-hydrogen) atoms. The average molecular weight is 416 g/mol. The van der Waals surface area contributed by atoms with Crippen LogP contribution in [0, 0.1) is 12.8 Å². The van der Waals surface area contributed by atoms with E-state index in [0.717, 1.165) is 30.0 Å². The predicted molar refractivity (Wildman–Crippen MR) is 118 cm³/mol. The number of nitrogens with zero attached hydrogens (tertiary/aromatic N) is 4. The van der Waals surface area contributed by atoms with E-state index in [4.69, 9.17) is 4.42 Å². The number of carbonyl (C=O) groups excluding carboxylic acids is 1. The monoisotopic (exact) mass is 416 g/mol. The normalized spacial score (nSPS) is 16.3. The number of rotatable bonds is 5. The predicted octanol–water partition coefficient (Wildman–Crippen LogP) is 3.32. The number of fused-ring (bicyclic) bond motifs is 1. The highest BCUT2D eigenvalue weighted by Crippen LogP contribution is 2.25. The van der Waals surface area contributed by atoms with E-state index in [9.17, 15) is 9.59 Å². The Hall–Kier alpha value is -3.61. The van der Waals surface area contributed by atoms with Gasteiger partial charge in [0.05, 0.1) is 5.52 Å². The van der Waals surface area contributed by atoms with Crippen LogP contribution in [-0.2, 0) is 17.9 Å². The summed E-state index contributed by atoms with van der Waals surface area (Å²) in [4.78, 5) is 31.6. The van der Waals surface area contributed by atoms with Gasteiger partial charge >= 0.3 is 5.76 Å². The van der Waals surface area contributed by atoms with Gasteiger partial charge in [0, 0.05) is 37.1 Å². The lowest BCUT2D eigenvalue weighted by molar-refractivity contribution is -0.130. The third kappa shape index (κ3) is 3.67. The van der Waals surface area contributed by atoms with E-state index in [0.29, 0.717) is 30.1 Å². The summed E-state index contributed by atoms with van der Waals surface area (Å²) >= 11 is 0. The molecule has 1 saturated heterocycles. The fraction of sp³-hybridized carbons (Fsp3) is 0.292. The van der Waals surface area contributed by atoms with Crippen LogP contribution >= 0.6 is 0 Å². The van der Waals surface area contributed by atoms with E-state index in [1.54, 1.807) is 12.1 Å². The van der Waals surface area contributed by atoms with Gasteiger partial charge in [0.15, 0.2) is 5.58 Å². The molecule has 1 fully saturated rings. The molecule has 4 aromatic rings. The van der Waals surface area contributed by atoms with Crippen molar-refractivity contribution in [3.63, 3.8) is 0 Å². The van der Waals surface area contributed by atoms with Gasteiger partial charge in [0.25, 0.3) is 0 Å². The van der Waals surface area contributed by atoms with E-state index >= 15 is 0 Å². The van der Waals surface area contributed by atoms with E-state index in [2.05, 4.69) is 28.6 Å². The van der Waals surface area contributed by atoms with Gasteiger partial charge < -0.3 is 13.9 Å². The molecule has 5 rings (SSSR count). The molecule has 1 aliphatic rings. The highest BCUT2D eigenvalue weighted by molar-refractivity contribution is 5.79. The Labute approximate surface area is 179 Å². The minimum Gasteiger partial charge on any atom is -0.408 e. The fourth-order valence-electron chi connectivity index (χ4n) is 4.37. The second kappa shape index (κ2) is 7.91. The number of aromatic nitrogens is 3. The lowest BCUT2D eigenvalue weighted by atomic mass is 10.1. The standard InChI is InChI=1S/C24H24N4O3/c1-17-13-25-23(19-7-3-2-4-8-19)27(17)15-18-11-12-26(14-18)22(29)16-28-20-9-5-6-10-21(20)31-24(28)30/h2-10,13,18H,11-12,14-16H2,1H3. The molecule has 7 heteroatoms. The molecule has 0 aliphatic carbocycles. The Morgan fingerprint density at radius 3 is 2.71 bits per heavy atom. The molecular formula is C24H24N4O3. The Balaban J connectivity index is 1.29. The van der Waals surface area contributed by atoms with Crippen molar-refractivity contribution in [1.82, 2.24) is 19.0 Å². The molecule has 1 aliphatic heterocycles. The van der Waals surface area contributed by atoms with Gasteiger partial charge in [-0.1, -0.05) is 42.5 Å². The summed E-state index contributed by atoms with van der Waals surface area (Å²) in [6.45, 7) is 4.25. The lowest BCUT2D eigenvalue weighted by Gasteiger charge is -2.18. The molecule has 1 atom stereocenters. The molecule has 0 bridgehead atoms. The highest BCUT2D eigenvalue weighted by atomic mass is 16.4. The number of amides is 1. The molecule has 0 N–H and O–H groups in total. The minimum absolute atomic E-state index is 0.00192. The van der Waals surface area contributed by atoms with Crippen LogP contribution in [0.2, 0.25) is 0 Å². The van der Waals surface area contributed by atoms with E-state index in [1.165, 1.54) is 4.57 Å². The Kier molecular flexibility index (Phi) is 4.94. The number of aryl methyl sites for hydroxylation is 1. The quantitative estimate of drug-likeness (QED) is 0.500. The van der Waals surface area contributed by atoms with Crippen LogP contribution in [0.3, 0.4) is 0 Å². The Bertz CT molecular complexity index is 1290. The summed E-state index contributed by atoms with van der Waals surface area (Å²) in [7, 11) is 0. The molecule has 0 radical (unpaired) electrons. The van der Waals surface area contributed by atoms with Crippen LogP contribution < -0.4 is 5.76 Å². The molecular weight excluding hydrogens is 392 g/mol. The van der Waals surface area contributed by atoms with E-state index < -0.39 is 5.76 Å². The molecule has 1 unspecified atom stereocenters. The molecule has 7 nitrogen and oxygen atoms in total. The van der Waals surface area contributed by atoms with Gasteiger partial charge in [0.2, 0.25) is 5.91 Å². The van der Waals surface area contributed by atoms with Crippen molar-refractivity contribution in [1.29, 1.82) is 0 Å². The first-order valence-corrected chi connectivity index (χ1v) is 10.5. The maximum absolute atomic E-state index is 12.9. The summed E-state index contributed by atoms with van der Waals surface area (Å²) in [6, 6.07) is 17.3. The summed E-state index contributed by atoms with van der Waals surface area (Å²) < 4.78 is 8.90. The first-order chi connectivity index (χ1) is 15.1. The Morgan fingerprint density at radius 2 is 1.87 bits per heavy atom. The maximum atomic E-state index is 12.9. The zero-order valence-electron chi connectivity index (χ0n) is 17.4. The Morgan fingerprint density at radius 1 is 1.10 bits per heavy atom. The first kappa shape index (κ1) is 19.4. The number of hydrogen-bond acceptors (Lipinski definition) is 4. The van der Waals surface area contributed by atoms with Gasteiger partial charge in [-0.2, -0.15) is 0 Å². The van der Waals surface area contributed by atoms with Crippen molar-refractivity contribution in [3.8, 4) is 11.4 Å². The van der Waals surface area contributed by atoms with Crippen LogP contribution in [0.1, 0.15) is 12.1 Å². The van der Waals surface area contributed by atoms with Crippen molar-refractivity contribution in [3.05, 3.63) is 77.0 Å². The van der Waals surface area contributed by atoms with Crippen LogP contribution in [0.15, 0.2) is 70.0 Å². The second-order valence-corrected chi connectivity index (χ2v) is 8.12. The zero-order valence-corrected chi connectivity index (χ0v) is 17.4. The van der Waals surface area contributed by atoms with Crippen molar-refractivity contribution >= 4 is 17.0 Å². The van der Waals surface area contributed by atoms with Gasteiger partial charge in [-0.25, -0.2) is 9.78 Å². The van der Waals surface area contributed by atoms with Gasteiger partial charge in [0.1, 0.15) is 12.4 Å². The highest BCUT2D eigenvalue weighted by Gasteiger charge is 2.28. The summed E-state index contributed by atoms with van der Waals surface area (Å²) in [5.41, 5.74) is 3.36. The molecule has 3 heterocycles. The van der Waals surface area contributed by atoms with Crippen molar-refractivity contribution in [2.45, 2.75) is 26.4 Å². The zero-order chi connectivity index (χ0) is 21.4. The van der Waals surface area contributed by atoms with E-state index in [-0.39, 0.29) is 12.5 Å². The van der Waals surface area contributed by atoms with Crippen LogP contribution in [0.25, 0.3) is 22.5 Å². The van der Waals surface area contributed by atoms with Crippen LogP contribution in [-0.4, -0.2) is 38.0 Å². The lowest BCUT2D eigenvalue weighted by Crippen LogP contribution is -2.34. The van der Waals surface area contributed by atoms with Crippen molar-refractivity contribution in [2.24, 2.45) is 5.92 Å². The molecule has 158 valence electrons. The summed E-state index contributed by atoms with van der Waals surface area (Å²) in [5.74, 6) is 0.755. The number of oxazole rings is 1. The number of hydrogen-bond donors (Lipinski definition) is 0. The average Bonchev–Trinajstić information content (AvgIpc) is 3.48. The SMILES string of the molecule is Cc1cnc(-c2ccccc2)n1CC1CCN(C(=O)Cn2c(=O)oc3ccccc32)C1. The topological polar surface area (TPSA) is 73.3 Å². The van der Waals surface area contributed by atoms with Gasteiger partial charge in [-0.15, -0.1) is 0 Å². The van der Waals surface area contributed by atoms with Crippen molar-refractivity contribution < 1.29 is 9.21 Å². The van der Waals surface area contributed by atoms with Crippen LogP contribution in [0.4, 0.5) is 0 Å². The number of imidazole rings is 1. The maximum Gasteiger partial charge on any atom is 0.420 e. The largest absolute Gasteiger partial charge is 0.420 e. The smallest absolute Gasteiger partial charge is 0.408 e. The van der Waals surface area contributed by atoms with Gasteiger partial charge in [-0.3, -0.25) is 9.36 Å². The third-order valence-electron chi connectivity index (χ3n) is 6.03. The number of carbonyl (C=O) groups is 1. The van der Waals surface area contributed by atoms with Gasteiger partial charge in [-0.05, 0) is 31.4 Å². The molecule has 0 spiro atoms. The van der Waals surface area contributed by atoms with Crippen LogP contribution in [0.5, 0.6) is 0 Å². The second-order valence-electron chi connectivity index (χ2n) is 8.12. The summed E-state index contributed by atoms with van der Waals surface area (Å²) in [6.07, 6.45) is 2.83. The molecule has 0 saturated carbocycles. The number of likely N-dealkylation sites (tertiary alicyclic amines) is 1. The minimum atomic E-state index is -0.494. The number of benzene rings is 2. The van der Waals surface area contributed by atoms with E-state index in [1.807, 2.05) is 41.4 Å². The van der Waals surface area contributed by atoms with Crippen molar-refractivity contribution in [2.75, 3.05) is 13.1 Å². The molecule has 2 aromatic carbocycles. The molecule has 1 amide bonds.